The first-order valence-electron chi connectivity index (χ1n) is 6.14. The zero-order valence-electron chi connectivity index (χ0n) is 11.2. The van der Waals surface area contributed by atoms with E-state index < -0.39 is 36.7 Å². The number of carboxylic acids is 1. The number of alkyl carbamates (subject to hydrolysis) is 1. The van der Waals surface area contributed by atoms with Crippen LogP contribution < -0.4 is 10.6 Å². The summed E-state index contributed by atoms with van der Waals surface area (Å²) in [6, 6.07) is -2.47. The lowest BCUT2D eigenvalue weighted by molar-refractivity contribution is -0.143. The number of rotatable bonds is 9. The molecule has 0 aromatic rings. The van der Waals surface area contributed by atoms with Gasteiger partial charge in [0.05, 0.1) is 13.2 Å². The minimum atomic E-state index is -1.43. The summed E-state index contributed by atoms with van der Waals surface area (Å²) < 4.78 is 4.81. The fourth-order valence-corrected chi connectivity index (χ4v) is 1.40. The zero-order valence-corrected chi connectivity index (χ0v) is 12.1. The van der Waals surface area contributed by atoms with Gasteiger partial charge in [0.25, 0.3) is 0 Å². The highest BCUT2D eigenvalue weighted by Crippen LogP contribution is 1.94. The molecule has 0 fully saturated rings. The number of carbonyl (C=O) groups excluding carboxylic acids is 2. The van der Waals surface area contributed by atoms with E-state index in [1.54, 1.807) is 0 Å². The molecule has 116 valence electrons. The van der Waals surface area contributed by atoms with E-state index in [1.807, 2.05) is 6.92 Å². The van der Waals surface area contributed by atoms with Gasteiger partial charge in [0.1, 0.15) is 12.1 Å². The van der Waals surface area contributed by atoms with Crippen LogP contribution in [0.1, 0.15) is 19.8 Å². The van der Waals surface area contributed by atoms with E-state index in [1.165, 1.54) is 0 Å². The van der Waals surface area contributed by atoms with E-state index in [-0.39, 0.29) is 12.4 Å². The first-order valence-corrected chi connectivity index (χ1v) is 6.77. The van der Waals surface area contributed by atoms with Gasteiger partial charge in [0.15, 0.2) is 0 Å². The van der Waals surface area contributed by atoms with Gasteiger partial charge in [0, 0.05) is 5.75 Å². The number of carboxylic acid groups (broad SMARTS) is 1. The van der Waals surface area contributed by atoms with Crippen LogP contribution in [0.15, 0.2) is 0 Å². The predicted octanol–water partition coefficient (Wildman–Crippen LogP) is -0.627. The Morgan fingerprint density at radius 3 is 2.35 bits per heavy atom. The number of hydrogen-bond donors (Lipinski definition) is 5. The average Bonchev–Trinajstić information content (AvgIpc) is 2.41. The molecular weight excluding hydrogens is 288 g/mol. The van der Waals surface area contributed by atoms with E-state index in [0.29, 0.717) is 6.42 Å². The normalized spacial score (nSPS) is 13.2. The second-order valence-electron chi connectivity index (χ2n) is 3.95. The van der Waals surface area contributed by atoms with Crippen LogP contribution >= 0.6 is 12.6 Å². The summed E-state index contributed by atoms with van der Waals surface area (Å²) in [6.45, 7) is 1.42. The van der Waals surface area contributed by atoms with E-state index in [0.717, 1.165) is 6.42 Å². The molecule has 2 amide bonds. The molecule has 0 aliphatic heterocycles. The van der Waals surface area contributed by atoms with Gasteiger partial charge >= 0.3 is 12.1 Å². The Morgan fingerprint density at radius 2 is 1.90 bits per heavy atom. The maximum Gasteiger partial charge on any atom is 0.407 e. The highest BCUT2D eigenvalue weighted by Gasteiger charge is 2.25. The average molecular weight is 308 g/mol. The van der Waals surface area contributed by atoms with E-state index in [9.17, 15) is 14.4 Å². The second kappa shape index (κ2) is 10.3. The second-order valence-corrected chi connectivity index (χ2v) is 4.32. The molecule has 0 saturated heterocycles. The lowest BCUT2D eigenvalue weighted by Gasteiger charge is -2.18. The number of hydrogen-bond acceptors (Lipinski definition) is 6. The van der Waals surface area contributed by atoms with Crippen molar-refractivity contribution in [3.05, 3.63) is 0 Å². The molecule has 0 bridgehead atoms. The van der Waals surface area contributed by atoms with Crippen molar-refractivity contribution in [2.75, 3.05) is 19.0 Å². The van der Waals surface area contributed by atoms with Crippen molar-refractivity contribution in [2.24, 2.45) is 0 Å². The van der Waals surface area contributed by atoms with Gasteiger partial charge in [-0.25, -0.2) is 9.59 Å². The smallest absolute Gasteiger partial charge is 0.407 e. The summed E-state index contributed by atoms with van der Waals surface area (Å²) in [5, 5.41) is 21.8. The highest BCUT2D eigenvalue weighted by molar-refractivity contribution is 7.80. The Hall–Kier alpha value is -1.48. The molecule has 0 rings (SSSR count). The molecule has 0 spiro atoms. The topological polar surface area (TPSA) is 125 Å². The van der Waals surface area contributed by atoms with E-state index in [4.69, 9.17) is 14.9 Å². The molecule has 0 aromatic carbocycles. The predicted molar refractivity (Wildman–Crippen MR) is 73.7 cm³/mol. The fraction of sp³-hybridized carbons (Fsp3) is 0.727. The summed E-state index contributed by atoms with van der Waals surface area (Å²) in [6.07, 6.45) is 0.792. The van der Waals surface area contributed by atoms with Gasteiger partial charge in [-0.05, 0) is 6.42 Å². The molecule has 0 aromatic heterocycles. The standard InChI is InChI=1S/C11H20N2O6S/c1-2-3-4-19-11(18)13-8(6-20)9(15)12-7(5-14)10(16)17/h7-8,14,20H,2-6H2,1H3,(H,12,15)(H,13,18)(H,16,17)/t7-,8-/m0/s1. The van der Waals surface area contributed by atoms with Crippen molar-refractivity contribution in [1.29, 1.82) is 0 Å². The number of thiol groups is 1. The minimum absolute atomic E-state index is 0.0352. The number of amides is 2. The zero-order chi connectivity index (χ0) is 15.5. The summed E-state index contributed by atoms with van der Waals surface area (Å²) in [4.78, 5) is 33.7. The Morgan fingerprint density at radius 1 is 1.25 bits per heavy atom. The summed E-state index contributed by atoms with van der Waals surface area (Å²) in [7, 11) is 0. The molecule has 8 nitrogen and oxygen atoms in total. The van der Waals surface area contributed by atoms with Crippen molar-refractivity contribution in [3.8, 4) is 0 Å². The molecule has 0 unspecified atom stereocenters. The largest absolute Gasteiger partial charge is 0.480 e. The molecule has 20 heavy (non-hydrogen) atoms. The number of carbonyl (C=O) groups is 3. The number of nitrogens with one attached hydrogen (secondary N) is 2. The van der Waals surface area contributed by atoms with Crippen LogP contribution in [0.4, 0.5) is 4.79 Å². The van der Waals surface area contributed by atoms with Gasteiger partial charge in [0.2, 0.25) is 5.91 Å². The van der Waals surface area contributed by atoms with Crippen LogP contribution in [-0.4, -0.2) is 59.2 Å². The Balaban J connectivity index is 4.33. The van der Waals surface area contributed by atoms with Gasteiger partial charge in [-0.2, -0.15) is 12.6 Å². The van der Waals surface area contributed by atoms with Gasteiger partial charge < -0.3 is 25.6 Å². The Labute approximate surface area is 122 Å². The third kappa shape index (κ3) is 7.19. The quantitative estimate of drug-likeness (QED) is 0.285. The maximum atomic E-state index is 11.7. The first-order chi connectivity index (χ1) is 9.46. The molecule has 0 heterocycles. The highest BCUT2D eigenvalue weighted by atomic mass is 32.1. The van der Waals surface area contributed by atoms with Gasteiger partial charge in [-0.15, -0.1) is 0 Å². The number of aliphatic carboxylic acids is 1. The van der Waals surface area contributed by atoms with E-state index in [2.05, 4.69) is 23.3 Å². The van der Waals surface area contributed by atoms with Crippen molar-refractivity contribution < 1.29 is 29.3 Å². The number of aliphatic hydroxyl groups excluding tert-OH is 1. The fourth-order valence-electron chi connectivity index (χ4n) is 1.15. The third-order valence-corrected chi connectivity index (χ3v) is 2.68. The van der Waals surface area contributed by atoms with Crippen molar-refractivity contribution >= 4 is 30.6 Å². The van der Waals surface area contributed by atoms with Crippen LogP contribution in [0.25, 0.3) is 0 Å². The number of ether oxygens (including phenoxy) is 1. The maximum absolute atomic E-state index is 11.7. The van der Waals surface area contributed by atoms with Crippen LogP contribution in [0.2, 0.25) is 0 Å². The first kappa shape index (κ1) is 18.5. The molecule has 0 aliphatic carbocycles. The summed E-state index contributed by atoms with van der Waals surface area (Å²) in [5.74, 6) is -2.16. The molecule has 0 aliphatic rings. The van der Waals surface area contributed by atoms with Crippen molar-refractivity contribution in [1.82, 2.24) is 10.6 Å². The molecule has 4 N–H and O–H groups in total. The summed E-state index contributed by atoms with van der Waals surface area (Å²) >= 11 is 3.90. The molecule has 9 heteroatoms. The monoisotopic (exact) mass is 308 g/mol. The molecule has 0 saturated carbocycles. The van der Waals surface area contributed by atoms with Crippen LogP contribution in [0.3, 0.4) is 0 Å². The minimum Gasteiger partial charge on any atom is -0.480 e. The molecule has 0 radical (unpaired) electrons. The van der Waals surface area contributed by atoms with E-state index >= 15 is 0 Å². The SMILES string of the molecule is CCCCOC(=O)N[C@@H](CS)C(=O)N[C@@H](CO)C(=O)O. The summed E-state index contributed by atoms with van der Waals surface area (Å²) in [5.41, 5.74) is 0. The van der Waals surface area contributed by atoms with Crippen LogP contribution in [0, 0.1) is 0 Å². The van der Waals surface area contributed by atoms with Crippen LogP contribution in [0.5, 0.6) is 0 Å². The van der Waals surface area contributed by atoms with Gasteiger partial charge in [-0.1, -0.05) is 13.3 Å². The third-order valence-electron chi connectivity index (χ3n) is 2.32. The van der Waals surface area contributed by atoms with Gasteiger partial charge in [-0.3, -0.25) is 4.79 Å². The lowest BCUT2D eigenvalue weighted by atomic mass is 10.2. The Kier molecular flexibility index (Phi) is 9.56. The van der Waals surface area contributed by atoms with Crippen molar-refractivity contribution in [3.63, 3.8) is 0 Å². The number of unbranched alkanes of at least 4 members (excludes halogenated alkanes) is 1. The Bertz CT molecular complexity index is 339. The lowest BCUT2D eigenvalue weighted by Crippen LogP contribution is -2.53. The molecule has 2 atom stereocenters. The van der Waals surface area contributed by atoms with Crippen molar-refractivity contribution in [2.45, 2.75) is 31.8 Å². The molecular formula is C11H20N2O6S. The number of aliphatic hydroxyl groups is 1. The van der Waals surface area contributed by atoms with Crippen LogP contribution in [-0.2, 0) is 14.3 Å².